The van der Waals surface area contributed by atoms with E-state index in [2.05, 4.69) is 12.0 Å². The molecule has 0 saturated heterocycles. The van der Waals surface area contributed by atoms with Gasteiger partial charge >= 0.3 is 0 Å². The third-order valence-electron chi connectivity index (χ3n) is 3.61. The van der Waals surface area contributed by atoms with Crippen LogP contribution in [0.3, 0.4) is 0 Å². The van der Waals surface area contributed by atoms with Crippen molar-refractivity contribution in [2.75, 3.05) is 0 Å². The zero-order chi connectivity index (χ0) is 11.5. The van der Waals surface area contributed by atoms with Gasteiger partial charge in [0.05, 0.1) is 17.5 Å². The van der Waals surface area contributed by atoms with Crippen LogP contribution in [0.2, 0.25) is 0 Å². The number of rotatable bonds is 4. The Balaban J connectivity index is 2.03. The molecule has 0 spiro atoms. The summed E-state index contributed by atoms with van der Waals surface area (Å²) in [5, 5.41) is 14.6. The van der Waals surface area contributed by atoms with Gasteiger partial charge in [0.15, 0.2) is 0 Å². The first-order valence-corrected chi connectivity index (χ1v) is 6.43. The quantitative estimate of drug-likeness (QED) is 0.850. The van der Waals surface area contributed by atoms with Crippen molar-refractivity contribution >= 4 is 0 Å². The minimum absolute atomic E-state index is 0.329. The molecule has 1 unspecified atom stereocenters. The molecule has 1 saturated carbocycles. The average Bonchev–Trinajstić information content (AvgIpc) is 2.86. The molecular weight excluding hydrogens is 200 g/mol. The van der Waals surface area contributed by atoms with Crippen LogP contribution in [0.1, 0.15) is 56.5 Å². The average molecular weight is 222 g/mol. The number of nitrogens with zero attached hydrogens (tertiary/aromatic N) is 2. The van der Waals surface area contributed by atoms with E-state index in [1.54, 1.807) is 0 Å². The molecule has 3 heteroatoms. The normalized spacial score (nSPS) is 19.2. The van der Waals surface area contributed by atoms with E-state index in [9.17, 15) is 5.11 Å². The second-order valence-corrected chi connectivity index (χ2v) is 4.93. The van der Waals surface area contributed by atoms with Gasteiger partial charge in [-0.2, -0.15) is 5.10 Å². The number of hydrogen-bond donors (Lipinski definition) is 1. The van der Waals surface area contributed by atoms with Gasteiger partial charge in [0.25, 0.3) is 0 Å². The zero-order valence-electron chi connectivity index (χ0n) is 10.3. The molecule has 1 aromatic rings. The van der Waals surface area contributed by atoms with Crippen molar-refractivity contribution in [3.8, 4) is 0 Å². The highest BCUT2D eigenvalue weighted by atomic mass is 16.3. The monoisotopic (exact) mass is 222 g/mol. The lowest BCUT2D eigenvalue weighted by Crippen LogP contribution is -2.10. The Hall–Kier alpha value is -0.830. The summed E-state index contributed by atoms with van der Waals surface area (Å²) in [6.45, 7) is 4.89. The number of aryl methyl sites for hydroxylation is 2. The third-order valence-corrected chi connectivity index (χ3v) is 3.61. The summed E-state index contributed by atoms with van der Waals surface area (Å²) in [6.07, 6.45) is 5.83. The summed E-state index contributed by atoms with van der Waals surface area (Å²) in [5.41, 5.74) is 1.99. The molecule has 16 heavy (non-hydrogen) atoms. The minimum Gasteiger partial charge on any atom is -0.387 e. The van der Waals surface area contributed by atoms with E-state index in [0.717, 1.165) is 30.3 Å². The van der Waals surface area contributed by atoms with Crippen LogP contribution in [0.4, 0.5) is 0 Å². The SMILES string of the molecule is CCn1nc(C)cc1C(O)CC1CCCC1. The van der Waals surface area contributed by atoms with E-state index in [1.165, 1.54) is 25.7 Å². The van der Waals surface area contributed by atoms with E-state index in [-0.39, 0.29) is 6.10 Å². The molecule has 0 aliphatic heterocycles. The second-order valence-electron chi connectivity index (χ2n) is 4.93. The molecule has 1 N–H and O–H groups in total. The Morgan fingerprint density at radius 3 is 2.81 bits per heavy atom. The fourth-order valence-corrected chi connectivity index (χ4v) is 2.77. The van der Waals surface area contributed by atoms with Gasteiger partial charge in [0.2, 0.25) is 0 Å². The lowest BCUT2D eigenvalue weighted by atomic mass is 9.98. The standard InChI is InChI=1S/C13H22N2O/c1-3-15-12(8-10(2)14-15)13(16)9-11-6-4-5-7-11/h8,11,13,16H,3-7,9H2,1-2H3. The minimum atomic E-state index is -0.329. The van der Waals surface area contributed by atoms with Crippen molar-refractivity contribution in [2.24, 2.45) is 5.92 Å². The van der Waals surface area contributed by atoms with Crippen molar-refractivity contribution in [3.05, 3.63) is 17.5 Å². The molecule has 0 radical (unpaired) electrons. The first-order chi connectivity index (χ1) is 7.70. The topological polar surface area (TPSA) is 38.0 Å². The maximum atomic E-state index is 10.2. The van der Waals surface area contributed by atoms with Crippen LogP contribution in [0.5, 0.6) is 0 Å². The predicted molar refractivity (Wildman–Crippen MR) is 64.2 cm³/mol. The molecule has 90 valence electrons. The van der Waals surface area contributed by atoms with Gasteiger partial charge in [-0.25, -0.2) is 0 Å². The van der Waals surface area contributed by atoms with Crippen LogP contribution in [-0.2, 0) is 6.54 Å². The van der Waals surface area contributed by atoms with Crippen LogP contribution in [0.25, 0.3) is 0 Å². The highest BCUT2D eigenvalue weighted by Gasteiger charge is 2.22. The van der Waals surface area contributed by atoms with E-state index in [1.807, 2.05) is 17.7 Å². The van der Waals surface area contributed by atoms with Gasteiger partial charge in [-0.15, -0.1) is 0 Å². The third kappa shape index (κ3) is 2.46. The molecule has 0 amide bonds. The maximum absolute atomic E-state index is 10.2. The van der Waals surface area contributed by atoms with E-state index < -0.39 is 0 Å². The van der Waals surface area contributed by atoms with Crippen molar-refractivity contribution in [3.63, 3.8) is 0 Å². The van der Waals surface area contributed by atoms with E-state index >= 15 is 0 Å². The second kappa shape index (κ2) is 5.00. The van der Waals surface area contributed by atoms with Crippen LogP contribution in [0.15, 0.2) is 6.07 Å². The van der Waals surface area contributed by atoms with Gasteiger partial charge in [-0.3, -0.25) is 4.68 Å². The largest absolute Gasteiger partial charge is 0.387 e. The molecule has 3 nitrogen and oxygen atoms in total. The predicted octanol–water partition coefficient (Wildman–Crippen LogP) is 2.83. The summed E-state index contributed by atoms with van der Waals surface area (Å²) in [6, 6.07) is 2.02. The summed E-state index contributed by atoms with van der Waals surface area (Å²) in [5.74, 6) is 0.718. The van der Waals surface area contributed by atoms with Crippen LogP contribution in [-0.4, -0.2) is 14.9 Å². The number of aromatic nitrogens is 2. The lowest BCUT2D eigenvalue weighted by molar-refractivity contribution is 0.135. The molecule has 1 heterocycles. The molecule has 1 aliphatic carbocycles. The highest BCUT2D eigenvalue weighted by molar-refractivity contribution is 5.11. The van der Waals surface area contributed by atoms with Gasteiger partial charge in [-0.05, 0) is 32.3 Å². The molecule has 1 aliphatic rings. The number of hydrogen-bond acceptors (Lipinski definition) is 2. The first-order valence-electron chi connectivity index (χ1n) is 6.43. The molecule has 0 aromatic carbocycles. The lowest BCUT2D eigenvalue weighted by Gasteiger charge is -2.16. The number of aliphatic hydroxyl groups is 1. The Bertz CT molecular complexity index is 340. The number of aliphatic hydroxyl groups excluding tert-OH is 1. The molecular formula is C13H22N2O. The van der Waals surface area contributed by atoms with Gasteiger partial charge in [0.1, 0.15) is 0 Å². The Morgan fingerprint density at radius 2 is 2.19 bits per heavy atom. The van der Waals surface area contributed by atoms with E-state index in [0.29, 0.717) is 0 Å². The Kier molecular flexibility index (Phi) is 3.64. The Labute approximate surface area is 97.5 Å². The first kappa shape index (κ1) is 11.6. The van der Waals surface area contributed by atoms with Crippen LogP contribution in [0, 0.1) is 12.8 Å². The van der Waals surface area contributed by atoms with Crippen molar-refractivity contribution in [1.29, 1.82) is 0 Å². The van der Waals surface area contributed by atoms with Crippen molar-refractivity contribution < 1.29 is 5.11 Å². The van der Waals surface area contributed by atoms with Crippen LogP contribution >= 0.6 is 0 Å². The summed E-state index contributed by atoms with van der Waals surface area (Å²) >= 11 is 0. The molecule has 1 fully saturated rings. The smallest absolute Gasteiger partial charge is 0.0959 e. The molecule has 2 rings (SSSR count). The highest BCUT2D eigenvalue weighted by Crippen LogP contribution is 2.33. The van der Waals surface area contributed by atoms with Gasteiger partial charge < -0.3 is 5.11 Å². The summed E-state index contributed by atoms with van der Waals surface area (Å²) < 4.78 is 1.93. The molecule has 0 bridgehead atoms. The summed E-state index contributed by atoms with van der Waals surface area (Å²) in [4.78, 5) is 0. The van der Waals surface area contributed by atoms with Gasteiger partial charge in [-0.1, -0.05) is 25.7 Å². The fourth-order valence-electron chi connectivity index (χ4n) is 2.77. The van der Waals surface area contributed by atoms with Crippen molar-refractivity contribution in [1.82, 2.24) is 9.78 Å². The van der Waals surface area contributed by atoms with Crippen molar-refractivity contribution in [2.45, 2.75) is 58.6 Å². The fraction of sp³-hybridized carbons (Fsp3) is 0.769. The molecule has 1 atom stereocenters. The van der Waals surface area contributed by atoms with Gasteiger partial charge in [0, 0.05) is 6.54 Å². The van der Waals surface area contributed by atoms with Crippen LogP contribution < -0.4 is 0 Å². The zero-order valence-corrected chi connectivity index (χ0v) is 10.3. The molecule has 1 aromatic heterocycles. The van der Waals surface area contributed by atoms with E-state index in [4.69, 9.17) is 0 Å². The maximum Gasteiger partial charge on any atom is 0.0959 e. The summed E-state index contributed by atoms with van der Waals surface area (Å²) in [7, 11) is 0. The Morgan fingerprint density at radius 1 is 1.50 bits per heavy atom.